The molecule has 0 unspecified atom stereocenters. The molecule has 3 nitrogen and oxygen atoms in total. The Morgan fingerprint density at radius 2 is 1.75 bits per heavy atom. The van der Waals surface area contributed by atoms with Gasteiger partial charge in [-0.2, -0.15) is 0 Å². The summed E-state index contributed by atoms with van der Waals surface area (Å²) in [5.74, 6) is 0.716. The first-order chi connectivity index (χ1) is 9.51. The highest BCUT2D eigenvalue weighted by atomic mass is 35.5. The average Bonchev–Trinajstić information content (AvgIpc) is 2.49. The monoisotopic (exact) mass is 315 g/mol. The van der Waals surface area contributed by atoms with E-state index in [1.807, 2.05) is 12.1 Å². The van der Waals surface area contributed by atoms with Gasteiger partial charge in [0.2, 0.25) is 0 Å². The summed E-state index contributed by atoms with van der Waals surface area (Å²) in [6.07, 6.45) is 5.81. The van der Waals surface area contributed by atoms with Crippen molar-refractivity contribution in [2.45, 2.75) is 49.5 Å². The van der Waals surface area contributed by atoms with E-state index in [0.717, 1.165) is 18.5 Å². The van der Waals surface area contributed by atoms with Crippen molar-refractivity contribution in [3.63, 3.8) is 0 Å². The first-order valence-electron chi connectivity index (χ1n) is 7.18. The van der Waals surface area contributed by atoms with E-state index in [9.17, 15) is 8.42 Å². The molecular formula is C15H22ClNO2S. The van der Waals surface area contributed by atoms with E-state index in [0.29, 0.717) is 10.8 Å². The SMILES string of the molecule is CCS(=O)(=O)c1ccc(NC2(CCl)CCCCC2)cc1. The van der Waals surface area contributed by atoms with Crippen LogP contribution in [0.4, 0.5) is 5.69 Å². The second-order valence-electron chi connectivity index (χ2n) is 5.53. The fourth-order valence-electron chi connectivity index (χ4n) is 2.74. The maximum Gasteiger partial charge on any atom is 0.178 e. The molecule has 1 saturated carbocycles. The minimum absolute atomic E-state index is 0.0368. The van der Waals surface area contributed by atoms with Gasteiger partial charge in [0.1, 0.15) is 0 Å². The van der Waals surface area contributed by atoms with E-state index >= 15 is 0 Å². The van der Waals surface area contributed by atoms with Crippen molar-refractivity contribution in [2.75, 3.05) is 16.9 Å². The van der Waals surface area contributed by atoms with E-state index in [1.165, 1.54) is 19.3 Å². The number of hydrogen-bond donors (Lipinski definition) is 1. The fraction of sp³-hybridized carbons (Fsp3) is 0.600. The molecule has 0 aromatic heterocycles. The lowest BCUT2D eigenvalue weighted by atomic mass is 9.83. The molecule has 1 aromatic carbocycles. The molecule has 0 bridgehead atoms. The van der Waals surface area contributed by atoms with Gasteiger partial charge in [-0.05, 0) is 37.1 Å². The van der Waals surface area contributed by atoms with Crippen molar-refractivity contribution in [3.8, 4) is 0 Å². The van der Waals surface area contributed by atoms with Gasteiger partial charge in [0.15, 0.2) is 9.84 Å². The Morgan fingerprint density at radius 1 is 1.15 bits per heavy atom. The molecule has 1 aliphatic rings. The maximum atomic E-state index is 11.8. The van der Waals surface area contributed by atoms with Crippen LogP contribution < -0.4 is 5.32 Å². The van der Waals surface area contributed by atoms with E-state index < -0.39 is 9.84 Å². The molecule has 0 spiro atoms. The third kappa shape index (κ3) is 3.47. The number of nitrogens with one attached hydrogen (secondary N) is 1. The van der Waals surface area contributed by atoms with E-state index in [4.69, 9.17) is 11.6 Å². The van der Waals surface area contributed by atoms with Gasteiger partial charge in [-0.1, -0.05) is 26.2 Å². The smallest absolute Gasteiger partial charge is 0.178 e. The van der Waals surface area contributed by atoms with Gasteiger partial charge in [0.05, 0.1) is 16.2 Å². The van der Waals surface area contributed by atoms with Crippen molar-refractivity contribution in [3.05, 3.63) is 24.3 Å². The molecule has 0 atom stereocenters. The Labute approximate surface area is 126 Å². The van der Waals surface area contributed by atoms with Gasteiger partial charge in [0, 0.05) is 11.6 Å². The minimum Gasteiger partial charge on any atom is -0.378 e. The molecule has 0 radical (unpaired) electrons. The van der Waals surface area contributed by atoms with Crippen LogP contribution in [0.25, 0.3) is 0 Å². The number of anilines is 1. The highest BCUT2D eigenvalue weighted by molar-refractivity contribution is 7.91. The van der Waals surface area contributed by atoms with Crippen LogP contribution in [0.15, 0.2) is 29.2 Å². The van der Waals surface area contributed by atoms with Crippen LogP contribution in [0, 0.1) is 0 Å². The van der Waals surface area contributed by atoms with Crippen LogP contribution in [0.3, 0.4) is 0 Å². The third-order valence-corrected chi connectivity index (χ3v) is 6.33. The van der Waals surface area contributed by atoms with Crippen molar-refractivity contribution in [1.29, 1.82) is 0 Å². The van der Waals surface area contributed by atoms with Gasteiger partial charge in [0.25, 0.3) is 0 Å². The van der Waals surface area contributed by atoms with Crippen molar-refractivity contribution < 1.29 is 8.42 Å². The molecule has 20 heavy (non-hydrogen) atoms. The van der Waals surface area contributed by atoms with Crippen molar-refractivity contribution in [2.24, 2.45) is 0 Å². The quantitative estimate of drug-likeness (QED) is 0.840. The number of halogens is 1. The summed E-state index contributed by atoms with van der Waals surface area (Å²) in [6.45, 7) is 1.66. The average molecular weight is 316 g/mol. The number of rotatable bonds is 5. The number of benzene rings is 1. The van der Waals surface area contributed by atoms with Gasteiger partial charge < -0.3 is 5.32 Å². The molecular weight excluding hydrogens is 294 g/mol. The zero-order valence-corrected chi connectivity index (χ0v) is 13.4. The van der Waals surface area contributed by atoms with Crippen LogP contribution in [0.1, 0.15) is 39.0 Å². The minimum atomic E-state index is -3.12. The summed E-state index contributed by atoms with van der Waals surface area (Å²) in [4.78, 5) is 0.383. The summed E-state index contributed by atoms with van der Waals surface area (Å²) in [5, 5.41) is 3.51. The maximum absolute atomic E-state index is 11.8. The number of sulfone groups is 1. The van der Waals surface area contributed by atoms with Gasteiger partial charge in [-0.3, -0.25) is 0 Å². The standard InChI is InChI=1S/C15H22ClNO2S/c1-2-20(18,19)14-8-6-13(7-9-14)17-15(12-16)10-4-3-5-11-15/h6-9,17H,2-5,10-12H2,1H3. The Balaban J connectivity index is 2.14. The third-order valence-electron chi connectivity index (χ3n) is 4.07. The van der Waals surface area contributed by atoms with Crippen LogP contribution in [-0.2, 0) is 9.84 Å². The molecule has 1 N–H and O–H groups in total. The molecule has 0 amide bonds. The predicted molar refractivity (Wildman–Crippen MR) is 84.3 cm³/mol. The predicted octanol–water partition coefficient (Wildman–Crippen LogP) is 3.83. The Bertz CT molecular complexity index is 533. The first-order valence-corrected chi connectivity index (χ1v) is 9.37. The Morgan fingerprint density at radius 3 is 2.25 bits per heavy atom. The topological polar surface area (TPSA) is 46.2 Å². The highest BCUT2D eigenvalue weighted by Crippen LogP contribution is 2.33. The lowest BCUT2D eigenvalue weighted by molar-refractivity contribution is 0.353. The lowest BCUT2D eigenvalue weighted by Gasteiger charge is -2.37. The van der Waals surface area contributed by atoms with Gasteiger partial charge in [-0.15, -0.1) is 11.6 Å². The zero-order valence-electron chi connectivity index (χ0n) is 11.9. The summed E-state index contributed by atoms with van der Waals surface area (Å²) < 4.78 is 23.6. The second-order valence-corrected chi connectivity index (χ2v) is 8.07. The number of alkyl halides is 1. The molecule has 0 aliphatic heterocycles. The van der Waals surface area contributed by atoms with E-state index in [2.05, 4.69) is 5.32 Å². The van der Waals surface area contributed by atoms with Crippen molar-refractivity contribution in [1.82, 2.24) is 0 Å². The number of hydrogen-bond acceptors (Lipinski definition) is 3. The van der Waals surface area contributed by atoms with Crippen LogP contribution in [0.5, 0.6) is 0 Å². The van der Waals surface area contributed by atoms with E-state index in [1.54, 1.807) is 19.1 Å². The molecule has 2 rings (SSSR count). The van der Waals surface area contributed by atoms with E-state index in [-0.39, 0.29) is 11.3 Å². The fourth-order valence-corrected chi connectivity index (χ4v) is 3.96. The summed E-state index contributed by atoms with van der Waals surface area (Å²) in [7, 11) is -3.12. The molecule has 1 fully saturated rings. The molecule has 1 aliphatic carbocycles. The molecule has 0 saturated heterocycles. The normalized spacial score (nSPS) is 18.7. The zero-order chi connectivity index (χ0) is 14.6. The van der Waals surface area contributed by atoms with Crippen LogP contribution in [0.2, 0.25) is 0 Å². The Kier molecular flexibility index (Phi) is 4.97. The summed E-state index contributed by atoms with van der Waals surface area (Å²) in [6, 6.07) is 7.02. The van der Waals surface area contributed by atoms with Gasteiger partial charge >= 0.3 is 0 Å². The largest absolute Gasteiger partial charge is 0.378 e. The molecule has 1 aromatic rings. The molecule has 0 heterocycles. The van der Waals surface area contributed by atoms with Gasteiger partial charge in [-0.25, -0.2) is 8.42 Å². The molecule has 112 valence electrons. The molecule has 5 heteroatoms. The second kappa shape index (κ2) is 6.35. The lowest BCUT2D eigenvalue weighted by Crippen LogP contribution is -2.42. The van der Waals surface area contributed by atoms with Crippen molar-refractivity contribution >= 4 is 27.1 Å². The first kappa shape index (κ1) is 15.6. The van der Waals surface area contributed by atoms with Crippen LogP contribution in [-0.4, -0.2) is 25.6 Å². The van der Waals surface area contributed by atoms with Crippen LogP contribution >= 0.6 is 11.6 Å². The summed E-state index contributed by atoms with van der Waals surface area (Å²) in [5.41, 5.74) is 0.910. The summed E-state index contributed by atoms with van der Waals surface area (Å²) >= 11 is 6.15. The Hall–Kier alpha value is -0.740. The highest BCUT2D eigenvalue weighted by Gasteiger charge is 2.30.